The van der Waals surface area contributed by atoms with Gasteiger partial charge in [0.25, 0.3) is 5.92 Å². The van der Waals surface area contributed by atoms with E-state index in [0.717, 1.165) is 0 Å². The Labute approximate surface area is 97.6 Å². The number of halogens is 2. The van der Waals surface area contributed by atoms with Crippen LogP contribution in [0.3, 0.4) is 0 Å². The van der Waals surface area contributed by atoms with Crippen molar-refractivity contribution in [3.05, 3.63) is 0 Å². The van der Waals surface area contributed by atoms with E-state index in [-0.39, 0.29) is 19.4 Å². The third kappa shape index (κ3) is 1.93. The second-order valence-corrected chi connectivity index (χ2v) is 5.09. The highest BCUT2D eigenvalue weighted by molar-refractivity contribution is 5.78. The average Bonchev–Trinajstić information content (AvgIpc) is 2.39. The van der Waals surface area contributed by atoms with Crippen LogP contribution in [0, 0.1) is 5.41 Å². The second-order valence-electron chi connectivity index (χ2n) is 5.09. The van der Waals surface area contributed by atoms with Crippen molar-refractivity contribution in [3.8, 4) is 0 Å². The molecule has 0 amide bonds. The molecule has 2 rings (SSSR count). The van der Waals surface area contributed by atoms with Gasteiger partial charge in [0.2, 0.25) is 0 Å². The predicted octanol–water partition coefficient (Wildman–Crippen LogP) is 1.42. The maximum atomic E-state index is 13.0. The van der Waals surface area contributed by atoms with E-state index >= 15 is 0 Å². The maximum Gasteiger partial charge on any atom is 0.313 e. The predicted molar refractivity (Wildman–Crippen MR) is 53.9 cm³/mol. The lowest BCUT2D eigenvalue weighted by atomic mass is 9.54. The fourth-order valence-corrected chi connectivity index (χ4v) is 2.92. The molecule has 0 aromatic rings. The third-order valence-corrected chi connectivity index (χ3v) is 3.96. The van der Waals surface area contributed by atoms with Crippen LogP contribution in [0.5, 0.6) is 0 Å². The highest BCUT2D eigenvalue weighted by Crippen LogP contribution is 2.60. The van der Waals surface area contributed by atoms with Gasteiger partial charge >= 0.3 is 5.97 Å². The van der Waals surface area contributed by atoms with Gasteiger partial charge in [-0.15, -0.1) is 0 Å². The number of aliphatic carboxylic acids is 1. The average molecular weight is 250 g/mol. The van der Waals surface area contributed by atoms with E-state index in [1.54, 1.807) is 0 Å². The first-order valence-electron chi connectivity index (χ1n) is 5.73. The van der Waals surface area contributed by atoms with Crippen molar-refractivity contribution in [1.29, 1.82) is 0 Å². The fourth-order valence-electron chi connectivity index (χ4n) is 2.92. The summed E-state index contributed by atoms with van der Waals surface area (Å²) in [5.41, 5.74) is -3.28. The van der Waals surface area contributed by atoms with Crippen molar-refractivity contribution in [3.63, 3.8) is 0 Å². The lowest BCUT2D eigenvalue weighted by Gasteiger charge is -2.53. The first-order chi connectivity index (χ1) is 7.81. The molecule has 17 heavy (non-hydrogen) atoms. The van der Waals surface area contributed by atoms with Crippen LogP contribution >= 0.6 is 0 Å². The number of alkyl halides is 2. The molecule has 2 fully saturated rings. The molecule has 1 saturated carbocycles. The SMILES string of the molecule is O=C(O)C1(C2(O)CCCOCC2)CC(F)(F)C1. The van der Waals surface area contributed by atoms with Crippen molar-refractivity contribution in [2.75, 3.05) is 13.2 Å². The molecule has 0 bridgehead atoms. The number of carboxylic acids is 1. The Hall–Kier alpha value is -0.750. The first kappa shape index (κ1) is 12.7. The van der Waals surface area contributed by atoms with Crippen molar-refractivity contribution in [2.45, 2.75) is 43.6 Å². The molecule has 0 aromatic heterocycles. The van der Waals surface area contributed by atoms with E-state index in [1.165, 1.54) is 0 Å². The van der Waals surface area contributed by atoms with Gasteiger partial charge in [0.15, 0.2) is 0 Å². The van der Waals surface area contributed by atoms with Crippen LogP contribution in [0.2, 0.25) is 0 Å². The highest BCUT2D eigenvalue weighted by Gasteiger charge is 2.69. The Kier molecular flexibility index (Phi) is 2.90. The van der Waals surface area contributed by atoms with E-state index in [4.69, 9.17) is 4.74 Å². The van der Waals surface area contributed by atoms with Crippen LogP contribution in [-0.4, -0.2) is 40.9 Å². The summed E-state index contributed by atoms with van der Waals surface area (Å²) >= 11 is 0. The number of carboxylic acid groups (broad SMARTS) is 1. The van der Waals surface area contributed by atoms with Crippen molar-refractivity contribution in [2.24, 2.45) is 5.41 Å². The van der Waals surface area contributed by atoms with Crippen LogP contribution in [0.4, 0.5) is 8.78 Å². The van der Waals surface area contributed by atoms with Gasteiger partial charge in [-0.2, -0.15) is 0 Å². The summed E-state index contributed by atoms with van der Waals surface area (Å²) < 4.78 is 31.2. The number of hydrogen-bond acceptors (Lipinski definition) is 3. The minimum absolute atomic E-state index is 0.107. The summed E-state index contributed by atoms with van der Waals surface area (Å²) in [5, 5.41) is 19.6. The number of carbonyl (C=O) groups is 1. The van der Waals surface area contributed by atoms with Gasteiger partial charge in [-0.25, -0.2) is 8.78 Å². The number of rotatable bonds is 2. The van der Waals surface area contributed by atoms with Gasteiger partial charge in [-0.1, -0.05) is 0 Å². The first-order valence-corrected chi connectivity index (χ1v) is 5.73. The van der Waals surface area contributed by atoms with Gasteiger partial charge in [-0.05, 0) is 12.8 Å². The molecule has 1 unspecified atom stereocenters. The molecule has 0 aromatic carbocycles. The Bertz CT molecular complexity index is 313. The molecular formula is C11H16F2O4. The zero-order valence-corrected chi connectivity index (χ0v) is 9.42. The van der Waals surface area contributed by atoms with Crippen LogP contribution in [0.1, 0.15) is 32.1 Å². The summed E-state index contributed by atoms with van der Waals surface area (Å²) in [7, 11) is 0. The molecule has 2 N–H and O–H groups in total. The van der Waals surface area contributed by atoms with Gasteiger partial charge in [-0.3, -0.25) is 4.79 Å². The van der Waals surface area contributed by atoms with E-state index in [1.807, 2.05) is 0 Å². The van der Waals surface area contributed by atoms with E-state index in [2.05, 4.69) is 0 Å². The molecule has 1 heterocycles. The van der Waals surface area contributed by atoms with Crippen LogP contribution in [0.15, 0.2) is 0 Å². The molecule has 1 saturated heterocycles. The molecule has 1 aliphatic heterocycles. The zero-order chi connectivity index (χ0) is 12.7. The second kappa shape index (κ2) is 3.88. The minimum Gasteiger partial charge on any atom is -0.481 e. The summed E-state index contributed by atoms with van der Waals surface area (Å²) in [6, 6.07) is 0. The van der Waals surface area contributed by atoms with Crippen molar-refractivity contribution < 1.29 is 28.5 Å². The maximum absolute atomic E-state index is 13.0. The topological polar surface area (TPSA) is 66.8 Å². The molecule has 98 valence electrons. The van der Waals surface area contributed by atoms with Crippen LogP contribution in [-0.2, 0) is 9.53 Å². The van der Waals surface area contributed by atoms with Crippen molar-refractivity contribution in [1.82, 2.24) is 0 Å². The lowest BCUT2D eigenvalue weighted by molar-refractivity contribution is -0.247. The summed E-state index contributed by atoms with van der Waals surface area (Å²) in [6.45, 7) is 0.658. The fraction of sp³-hybridized carbons (Fsp3) is 0.909. The van der Waals surface area contributed by atoms with E-state index < -0.39 is 35.7 Å². The summed E-state index contributed by atoms with van der Waals surface area (Å²) in [6.07, 6.45) is -0.737. The van der Waals surface area contributed by atoms with Crippen LogP contribution < -0.4 is 0 Å². The van der Waals surface area contributed by atoms with E-state index in [0.29, 0.717) is 13.0 Å². The number of hydrogen-bond donors (Lipinski definition) is 2. The standard InChI is InChI=1S/C11H16F2O4/c12-11(13)6-9(7-11,8(14)15)10(16)2-1-4-17-5-3-10/h16H,1-7H2,(H,14,15). The molecule has 2 aliphatic rings. The van der Waals surface area contributed by atoms with E-state index in [9.17, 15) is 23.8 Å². The van der Waals surface area contributed by atoms with Gasteiger partial charge in [0.1, 0.15) is 5.41 Å². The molecule has 1 atom stereocenters. The smallest absolute Gasteiger partial charge is 0.313 e. The largest absolute Gasteiger partial charge is 0.481 e. The normalized spacial score (nSPS) is 35.7. The molecular weight excluding hydrogens is 234 g/mol. The quantitative estimate of drug-likeness (QED) is 0.777. The lowest BCUT2D eigenvalue weighted by Crippen LogP contribution is -2.64. The summed E-state index contributed by atoms with van der Waals surface area (Å²) in [4.78, 5) is 11.3. The molecule has 0 radical (unpaired) electrons. The van der Waals surface area contributed by atoms with Crippen molar-refractivity contribution >= 4 is 5.97 Å². The zero-order valence-electron chi connectivity index (χ0n) is 9.42. The Balaban J connectivity index is 2.24. The Morgan fingerprint density at radius 1 is 1.18 bits per heavy atom. The van der Waals surface area contributed by atoms with Gasteiger partial charge in [0, 0.05) is 32.5 Å². The highest BCUT2D eigenvalue weighted by atomic mass is 19.3. The third-order valence-electron chi connectivity index (χ3n) is 3.96. The molecule has 4 nitrogen and oxygen atoms in total. The van der Waals surface area contributed by atoms with Gasteiger partial charge < -0.3 is 14.9 Å². The minimum atomic E-state index is -2.97. The number of aliphatic hydroxyl groups is 1. The van der Waals surface area contributed by atoms with Crippen LogP contribution in [0.25, 0.3) is 0 Å². The monoisotopic (exact) mass is 250 g/mol. The number of ether oxygens (including phenoxy) is 1. The Morgan fingerprint density at radius 2 is 1.82 bits per heavy atom. The van der Waals surface area contributed by atoms with Gasteiger partial charge in [0.05, 0.1) is 5.60 Å². The molecule has 6 heteroatoms. The summed E-state index contributed by atoms with van der Waals surface area (Å²) in [5.74, 6) is -4.30. The Morgan fingerprint density at radius 3 is 2.35 bits per heavy atom. The molecule has 1 aliphatic carbocycles. The molecule has 0 spiro atoms.